The van der Waals surface area contributed by atoms with Gasteiger partial charge in [0.15, 0.2) is 0 Å². The highest BCUT2D eigenvalue weighted by Crippen LogP contribution is 2.39. The van der Waals surface area contributed by atoms with E-state index in [1.807, 2.05) is 31.2 Å². The van der Waals surface area contributed by atoms with Gasteiger partial charge in [-0.25, -0.2) is 0 Å². The predicted octanol–water partition coefficient (Wildman–Crippen LogP) is 4.02. The van der Waals surface area contributed by atoms with Crippen LogP contribution >= 0.6 is 0 Å². The largest absolute Gasteiger partial charge is 0.507 e. The van der Waals surface area contributed by atoms with Crippen molar-refractivity contribution in [2.75, 3.05) is 26.9 Å². The number of benzene rings is 2. The zero-order valence-corrected chi connectivity index (χ0v) is 17.8. The molecule has 1 fully saturated rings. The predicted molar refractivity (Wildman–Crippen MR) is 119 cm³/mol. The lowest BCUT2D eigenvalue weighted by molar-refractivity contribution is -0.140. The summed E-state index contributed by atoms with van der Waals surface area (Å²) in [5.74, 6) is -0.887. The Bertz CT molecular complexity index is 976. The SMILES string of the molecule is C=CCOc1ccc(/C(O)=C2\C(=O)C(=O)N(CCCOC)C2c2ccc(C)cc2)cc1. The van der Waals surface area contributed by atoms with Crippen LogP contribution in [-0.2, 0) is 14.3 Å². The van der Waals surface area contributed by atoms with Crippen molar-refractivity contribution in [3.63, 3.8) is 0 Å². The molecule has 0 aliphatic carbocycles. The number of Topliss-reactive ketones (excluding diaryl/α,β-unsaturated/α-hetero) is 1. The lowest BCUT2D eigenvalue weighted by atomic mass is 9.94. The van der Waals surface area contributed by atoms with Gasteiger partial charge in [0, 0.05) is 25.8 Å². The number of likely N-dealkylation sites (tertiary alicyclic amines) is 1. The van der Waals surface area contributed by atoms with Gasteiger partial charge in [0.1, 0.15) is 18.1 Å². The highest BCUT2D eigenvalue weighted by atomic mass is 16.5. The Hall–Kier alpha value is -3.38. The molecule has 6 heteroatoms. The van der Waals surface area contributed by atoms with Crippen LogP contribution in [-0.4, -0.2) is 48.6 Å². The summed E-state index contributed by atoms with van der Waals surface area (Å²) in [6, 6.07) is 13.7. The molecule has 162 valence electrons. The highest BCUT2D eigenvalue weighted by molar-refractivity contribution is 6.46. The van der Waals surface area contributed by atoms with Crippen LogP contribution < -0.4 is 4.74 Å². The smallest absolute Gasteiger partial charge is 0.295 e. The molecule has 0 bridgehead atoms. The fraction of sp³-hybridized carbons (Fsp3) is 0.280. The third-order valence-electron chi connectivity index (χ3n) is 5.18. The van der Waals surface area contributed by atoms with Crippen molar-refractivity contribution < 1.29 is 24.2 Å². The highest BCUT2D eigenvalue weighted by Gasteiger charge is 2.45. The van der Waals surface area contributed by atoms with Crippen LogP contribution in [0.1, 0.15) is 29.2 Å². The standard InChI is InChI=1S/C25H27NO5/c1-4-15-31-20-12-10-19(11-13-20)23(27)21-22(18-8-6-17(2)7-9-18)26(14-5-16-30-3)25(29)24(21)28/h4,6-13,22,27H,1,5,14-16H2,2-3H3/b23-21+. The molecule has 1 amide bonds. The van der Waals surface area contributed by atoms with Gasteiger partial charge in [-0.2, -0.15) is 0 Å². The van der Waals surface area contributed by atoms with Crippen molar-refractivity contribution in [1.82, 2.24) is 4.90 Å². The summed E-state index contributed by atoms with van der Waals surface area (Å²) >= 11 is 0. The van der Waals surface area contributed by atoms with Crippen LogP contribution in [0, 0.1) is 6.92 Å². The lowest BCUT2D eigenvalue weighted by Crippen LogP contribution is -2.31. The number of hydrogen-bond acceptors (Lipinski definition) is 5. The van der Waals surface area contributed by atoms with Crippen LogP contribution in [0.3, 0.4) is 0 Å². The van der Waals surface area contributed by atoms with E-state index in [-0.39, 0.29) is 11.3 Å². The summed E-state index contributed by atoms with van der Waals surface area (Å²) in [5, 5.41) is 11.0. The Kier molecular flexibility index (Phi) is 7.26. The minimum atomic E-state index is -0.688. The van der Waals surface area contributed by atoms with E-state index < -0.39 is 17.7 Å². The molecule has 1 aliphatic heterocycles. The molecule has 2 aromatic rings. The molecule has 31 heavy (non-hydrogen) atoms. The van der Waals surface area contributed by atoms with Crippen molar-refractivity contribution in [2.45, 2.75) is 19.4 Å². The molecular weight excluding hydrogens is 394 g/mol. The van der Waals surface area contributed by atoms with E-state index in [2.05, 4.69) is 6.58 Å². The zero-order chi connectivity index (χ0) is 22.4. The molecule has 0 spiro atoms. The number of aryl methyl sites for hydroxylation is 1. The molecule has 0 saturated carbocycles. The first-order valence-electron chi connectivity index (χ1n) is 10.2. The van der Waals surface area contributed by atoms with Gasteiger partial charge in [0.05, 0.1) is 11.6 Å². The molecule has 3 rings (SSSR count). The Balaban J connectivity index is 2.03. The Labute approximate surface area is 182 Å². The molecule has 1 heterocycles. The number of aliphatic hydroxyl groups is 1. The molecule has 1 atom stereocenters. The van der Waals surface area contributed by atoms with Crippen LogP contribution in [0.15, 0.2) is 66.8 Å². The van der Waals surface area contributed by atoms with Crippen LogP contribution in [0.25, 0.3) is 5.76 Å². The van der Waals surface area contributed by atoms with E-state index >= 15 is 0 Å². The van der Waals surface area contributed by atoms with E-state index in [1.165, 1.54) is 4.90 Å². The number of rotatable bonds is 9. The fourth-order valence-corrected chi connectivity index (χ4v) is 3.60. The second-order valence-electron chi connectivity index (χ2n) is 7.37. The minimum Gasteiger partial charge on any atom is -0.507 e. The quantitative estimate of drug-likeness (QED) is 0.218. The summed E-state index contributed by atoms with van der Waals surface area (Å²) in [6.07, 6.45) is 2.22. The summed E-state index contributed by atoms with van der Waals surface area (Å²) in [6.45, 7) is 6.76. The third kappa shape index (κ3) is 4.86. The first-order chi connectivity index (χ1) is 15.0. The van der Waals surface area contributed by atoms with Gasteiger partial charge in [0.2, 0.25) is 0 Å². The molecule has 0 radical (unpaired) electrons. The molecule has 1 saturated heterocycles. The maximum Gasteiger partial charge on any atom is 0.295 e. The molecule has 1 aliphatic rings. The van der Waals surface area contributed by atoms with Gasteiger partial charge in [-0.1, -0.05) is 42.5 Å². The first kappa shape index (κ1) is 22.3. The number of nitrogens with zero attached hydrogens (tertiary/aromatic N) is 1. The Morgan fingerprint density at radius 2 is 1.81 bits per heavy atom. The Morgan fingerprint density at radius 3 is 2.42 bits per heavy atom. The summed E-state index contributed by atoms with van der Waals surface area (Å²) in [5.41, 5.74) is 2.37. The first-order valence-corrected chi connectivity index (χ1v) is 10.2. The van der Waals surface area contributed by atoms with Crippen molar-refractivity contribution in [2.24, 2.45) is 0 Å². The van der Waals surface area contributed by atoms with E-state index in [0.29, 0.717) is 37.5 Å². The van der Waals surface area contributed by atoms with E-state index in [4.69, 9.17) is 9.47 Å². The maximum atomic E-state index is 12.9. The average molecular weight is 421 g/mol. The van der Waals surface area contributed by atoms with Crippen molar-refractivity contribution >= 4 is 17.4 Å². The van der Waals surface area contributed by atoms with Crippen molar-refractivity contribution in [3.8, 4) is 5.75 Å². The number of amides is 1. The third-order valence-corrected chi connectivity index (χ3v) is 5.18. The molecule has 2 aromatic carbocycles. The van der Waals surface area contributed by atoms with Gasteiger partial charge in [-0.15, -0.1) is 0 Å². The number of ether oxygens (including phenoxy) is 2. The second-order valence-corrected chi connectivity index (χ2v) is 7.37. The van der Waals surface area contributed by atoms with E-state index in [9.17, 15) is 14.7 Å². The van der Waals surface area contributed by atoms with Gasteiger partial charge >= 0.3 is 0 Å². The maximum absolute atomic E-state index is 12.9. The normalized spacial score (nSPS) is 17.7. The van der Waals surface area contributed by atoms with Gasteiger partial charge in [-0.3, -0.25) is 9.59 Å². The van der Waals surface area contributed by atoms with Gasteiger partial charge < -0.3 is 19.5 Å². The average Bonchev–Trinajstić information content (AvgIpc) is 3.03. The summed E-state index contributed by atoms with van der Waals surface area (Å²) in [4.78, 5) is 27.3. The minimum absolute atomic E-state index is 0.0889. The van der Waals surface area contributed by atoms with Crippen molar-refractivity contribution in [1.29, 1.82) is 0 Å². The number of aliphatic hydroxyl groups excluding tert-OH is 1. The zero-order valence-electron chi connectivity index (χ0n) is 17.8. The number of ketones is 1. The number of methoxy groups -OCH3 is 1. The number of carbonyl (C=O) groups is 2. The van der Waals surface area contributed by atoms with Gasteiger partial charge in [-0.05, 0) is 43.2 Å². The number of carbonyl (C=O) groups excluding carboxylic acids is 2. The molecule has 6 nitrogen and oxygen atoms in total. The van der Waals surface area contributed by atoms with Crippen LogP contribution in [0.4, 0.5) is 0 Å². The van der Waals surface area contributed by atoms with Crippen LogP contribution in [0.5, 0.6) is 5.75 Å². The summed E-state index contributed by atoms with van der Waals surface area (Å²) < 4.78 is 10.6. The van der Waals surface area contributed by atoms with Crippen LogP contribution in [0.2, 0.25) is 0 Å². The van der Waals surface area contributed by atoms with Gasteiger partial charge in [0.25, 0.3) is 11.7 Å². The Morgan fingerprint density at radius 1 is 1.13 bits per heavy atom. The second kappa shape index (κ2) is 10.1. The van der Waals surface area contributed by atoms with E-state index in [1.54, 1.807) is 37.5 Å². The lowest BCUT2D eigenvalue weighted by Gasteiger charge is -2.25. The van der Waals surface area contributed by atoms with Crippen molar-refractivity contribution in [3.05, 3.63) is 83.4 Å². The molecule has 0 aromatic heterocycles. The molecule has 1 N–H and O–H groups in total. The molecular formula is C25H27NO5. The van der Waals surface area contributed by atoms with E-state index in [0.717, 1.165) is 11.1 Å². The number of hydrogen-bond donors (Lipinski definition) is 1. The topological polar surface area (TPSA) is 76.1 Å². The monoisotopic (exact) mass is 421 g/mol. The fourth-order valence-electron chi connectivity index (χ4n) is 3.60. The summed E-state index contributed by atoms with van der Waals surface area (Å²) in [7, 11) is 1.59. The molecule has 1 unspecified atom stereocenters.